The number of carbonyl (C=O) groups is 2. The van der Waals surface area contributed by atoms with Gasteiger partial charge in [0, 0.05) is 18.7 Å². The van der Waals surface area contributed by atoms with E-state index in [4.69, 9.17) is 9.47 Å². The maximum atomic E-state index is 13.0. The molecule has 0 bridgehead atoms. The molecule has 1 saturated heterocycles. The topological polar surface area (TPSA) is 99.0 Å². The molecular weight excluding hydrogens is 619 g/mol. The minimum absolute atomic E-state index is 0.0169. The van der Waals surface area contributed by atoms with Crippen LogP contribution in [0.4, 0.5) is 10.5 Å². The van der Waals surface area contributed by atoms with Crippen molar-refractivity contribution in [3.05, 3.63) is 102 Å². The number of rotatable bonds is 11. The van der Waals surface area contributed by atoms with Crippen molar-refractivity contribution in [2.45, 2.75) is 26.4 Å². The summed E-state index contributed by atoms with van der Waals surface area (Å²) in [6, 6.07) is 19.8. The van der Waals surface area contributed by atoms with Gasteiger partial charge in [0.2, 0.25) is 0 Å². The van der Waals surface area contributed by atoms with Crippen LogP contribution in [-0.4, -0.2) is 34.1 Å². The summed E-state index contributed by atoms with van der Waals surface area (Å²) < 4.78 is 12.6. The summed E-state index contributed by atoms with van der Waals surface area (Å²) in [5.74, 6) is 0.756. The van der Waals surface area contributed by atoms with Gasteiger partial charge in [-0.05, 0) is 101 Å². The first kappa shape index (κ1) is 27.6. The van der Waals surface area contributed by atoms with Crippen LogP contribution in [0, 0.1) is 13.7 Å². The van der Waals surface area contributed by atoms with E-state index in [0.717, 1.165) is 32.9 Å². The van der Waals surface area contributed by atoms with Gasteiger partial charge in [0.15, 0.2) is 11.5 Å². The highest BCUT2D eigenvalue weighted by Gasteiger charge is 2.34. The van der Waals surface area contributed by atoms with E-state index in [2.05, 4.69) is 22.6 Å². The first-order chi connectivity index (χ1) is 18.4. The van der Waals surface area contributed by atoms with Crippen molar-refractivity contribution >= 4 is 57.3 Å². The first-order valence-corrected chi connectivity index (χ1v) is 13.9. The third-order valence-electron chi connectivity index (χ3n) is 5.72. The Morgan fingerprint density at radius 1 is 1.03 bits per heavy atom. The fourth-order valence-electron chi connectivity index (χ4n) is 3.87. The number of ether oxygens (including phenoxy) is 2. The van der Waals surface area contributed by atoms with Crippen molar-refractivity contribution in [1.29, 1.82) is 0 Å². The molecule has 3 aromatic rings. The third-order valence-corrected chi connectivity index (χ3v) is 7.43. The molecule has 0 aliphatic carbocycles. The van der Waals surface area contributed by atoms with Crippen LogP contribution in [0.5, 0.6) is 11.5 Å². The number of halogens is 1. The Morgan fingerprint density at radius 3 is 2.45 bits per heavy atom. The van der Waals surface area contributed by atoms with Crippen LogP contribution in [0.15, 0.2) is 71.6 Å². The van der Waals surface area contributed by atoms with E-state index in [1.807, 2.05) is 43.3 Å². The number of benzene rings is 3. The van der Waals surface area contributed by atoms with Gasteiger partial charge >= 0.3 is 0 Å². The Kier molecular flexibility index (Phi) is 9.40. The van der Waals surface area contributed by atoms with Crippen LogP contribution < -0.4 is 9.47 Å². The van der Waals surface area contributed by atoms with Crippen LogP contribution in [-0.2, 0) is 17.8 Å². The molecule has 0 aromatic heterocycles. The lowest BCUT2D eigenvalue weighted by molar-refractivity contribution is -0.384. The fraction of sp³-hybridized carbons (Fsp3) is 0.214. The molecule has 1 aliphatic rings. The molecule has 0 N–H and O–H groups in total. The van der Waals surface area contributed by atoms with Gasteiger partial charge in [-0.2, -0.15) is 0 Å². The van der Waals surface area contributed by atoms with E-state index in [1.54, 1.807) is 24.3 Å². The molecule has 2 amide bonds. The van der Waals surface area contributed by atoms with Crippen LogP contribution >= 0.6 is 34.4 Å². The average Bonchev–Trinajstić information content (AvgIpc) is 3.16. The number of nitro groups is 1. The maximum Gasteiger partial charge on any atom is 0.293 e. The van der Waals surface area contributed by atoms with E-state index in [0.29, 0.717) is 36.0 Å². The number of hydrogen-bond acceptors (Lipinski definition) is 7. The highest BCUT2D eigenvalue weighted by atomic mass is 127. The minimum atomic E-state index is -0.446. The Labute approximate surface area is 238 Å². The summed E-state index contributed by atoms with van der Waals surface area (Å²) >= 11 is 3.08. The number of non-ortho nitro benzene ring substituents is 1. The van der Waals surface area contributed by atoms with Gasteiger partial charge in [-0.1, -0.05) is 30.3 Å². The summed E-state index contributed by atoms with van der Waals surface area (Å²) in [5, 5.41) is 10.6. The molecule has 0 saturated carbocycles. The Balaban J connectivity index is 1.45. The lowest BCUT2D eigenvalue weighted by Crippen LogP contribution is -2.29. The standard InChI is InChI=1S/C28H25IN2O6S/c1-2-36-24-16-21(15-23(29)26(24)37-18-20-10-12-22(13-11-20)31(34)35)17-25-27(32)30(28(33)38-25)14-6-9-19-7-4-3-5-8-19/h3-5,7-8,10-13,15-17H,2,6,9,14,18H2,1H3/b25-17+. The number of hydrogen-bond donors (Lipinski definition) is 0. The molecule has 1 fully saturated rings. The molecule has 8 nitrogen and oxygen atoms in total. The Bertz CT molecular complexity index is 1360. The smallest absolute Gasteiger partial charge is 0.293 e. The van der Waals surface area contributed by atoms with Gasteiger partial charge in [0.05, 0.1) is 20.0 Å². The van der Waals surface area contributed by atoms with Crippen molar-refractivity contribution in [2.24, 2.45) is 0 Å². The van der Waals surface area contributed by atoms with Crippen LogP contribution in [0.25, 0.3) is 6.08 Å². The minimum Gasteiger partial charge on any atom is -0.490 e. The molecule has 1 aliphatic heterocycles. The summed E-state index contributed by atoms with van der Waals surface area (Å²) in [7, 11) is 0. The second-order valence-corrected chi connectivity index (χ2v) is 10.6. The van der Waals surface area contributed by atoms with Gasteiger partial charge in [0.25, 0.3) is 16.8 Å². The van der Waals surface area contributed by atoms with E-state index < -0.39 is 4.92 Å². The molecule has 0 atom stereocenters. The number of amides is 2. The van der Waals surface area contributed by atoms with Gasteiger partial charge in [-0.3, -0.25) is 24.6 Å². The Hall–Kier alpha value is -3.38. The van der Waals surface area contributed by atoms with Crippen molar-refractivity contribution in [1.82, 2.24) is 4.90 Å². The lowest BCUT2D eigenvalue weighted by Gasteiger charge is -2.15. The number of thioether (sulfide) groups is 1. The third kappa shape index (κ3) is 6.93. The predicted octanol–water partition coefficient (Wildman–Crippen LogP) is 6.85. The van der Waals surface area contributed by atoms with E-state index >= 15 is 0 Å². The molecule has 1 heterocycles. The van der Waals surface area contributed by atoms with Crippen molar-refractivity contribution in [2.75, 3.05) is 13.2 Å². The summed E-state index contributed by atoms with van der Waals surface area (Å²) in [6.45, 7) is 2.84. The number of nitrogens with zero attached hydrogens (tertiary/aromatic N) is 2. The SMILES string of the molecule is CCOc1cc(/C=C2/SC(=O)N(CCCc3ccccc3)C2=O)cc(I)c1OCc1ccc([N+](=O)[O-])cc1. The molecule has 3 aromatic carbocycles. The molecule has 38 heavy (non-hydrogen) atoms. The van der Waals surface area contributed by atoms with Crippen molar-refractivity contribution in [3.63, 3.8) is 0 Å². The fourth-order valence-corrected chi connectivity index (χ4v) is 5.52. The van der Waals surface area contributed by atoms with Gasteiger partial charge in [-0.15, -0.1) is 0 Å². The lowest BCUT2D eigenvalue weighted by atomic mass is 10.1. The summed E-state index contributed by atoms with van der Waals surface area (Å²) in [5.41, 5.74) is 2.68. The largest absolute Gasteiger partial charge is 0.490 e. The van der Waals surface area contributed by atoms with Crippen LogP contribution in [0.2, 0.25) is 0 Å². The molecule has 0 radical (unpaired) electrons. The Morgan fingerprint density at radius 2 is 1.76 bits per heavy atom. The van der Waals surface area contributed by atoms with E-state index in [9.17, 15) is 19.7 Å². The zero-order valence-electron chi connectivity index (χ0n) is 20.6. The number of imide groups is 1. The van der Waals surface area contributed by atoms with Gasteiger partial charge in [0.1, 0.15) is 6.61 Å². The molecule has 10 heteroatoms. The van der Waals surface area contributed by atoms with Crippen LogP contribution in [0.3, 0.4) is 0 Å². The predicted molar refractivity (Wildman–Crippen MR) is 155 cm³/mol. The molecular formula is C28H25IN2O6S. The highest BCUT2D eigenvalue weighted by Crippen LogP contribution is 2.38. The van der Waals surface area contributed by atoms with E-state index in [-0.39, 0.29) is 23.4 Å². The molecule has 196 valence electrons. The average molecular weight is 644 g/mol. The number of nitro benzene ring substituents is 1. The molecule has 0 spiro atoms. The zero-order valence-corrected chi connectivity index (χ0v) is 23.6. The van der Waals surface area contributed by atoms with E-state index in [1.165, 1.54) is 22.6 Å². The monoisotopic (exact) mass is 644 g/mol. The zero-order chi connectivity index (χ0) is 27.1. The summed E-state index contributed by atoms with van der Waals surface area (Å²) in [6.07, 6.45) is 3.19. The summed E-state index contributed by atoms with van der Waals surface area (Å²) in [4.78, 5) is 37.6. The molecule has 4 rings (SSSR count). The van der Waals surface area contributed by atoms with Gasteiger partial charge < -0.3 is 9.47 Å². The first-order valence-electron chi connectivity index (χ1n) is 12.0. The molecule has 0 unspecified atom stereocenters. The number of carbonyl (C=O) groups excluding carboxylic acids is 2. The van der Waals surface area contributed by atoms with Crippen molar-refractivity contribution < 1.29 is 24.0 Å². The maximum absolute atomic E-state index is 13.0. The quantitative estimate of drug-likeness (QED) is 0.0975. The van der Waals surface area contributed by atoms with Crippen LogP contribution in [0.1, 0.15) is 30.0 Å². The number of aryl methyl sites for hydroxylation is 1. The van der Waals surface area contributed by atoms with Crippen molar-refractivity contribution in [3.8, 4) is 11.5 Å². The normalized spacial score (nSPS) is 14.3. The second kappa shape index (κ2) is 12.9. The second-order valence-electron chi connectivity index (χ2n) is 8.40. The van der Waals surface area contributed by atoms with Gasteiger partial charge in [-0.25, -0.2) is 0 Å². The highest BCUT2D eigenvalue weighted by molar-refractivity contribution is 14.1.